The Morgan fingerprint density at radius 1 is 1.55 bits per heavy atom. The summed E-state index contributed by atoms with van der Waals surface area (Å²) in [5.74, 6) is 0.246. The molecule has 0 aromatic carbocycles. The maximum atomic E-state index is 12.7. The minimum Gasteiger partial charge on any atom is -0.375 e. The van der Waals surface area contributed by atoms with Crippen molar-refractivity contribution in [1.82, 2.24) is 9.88 Å². The number of thiophene rings is 1. The highest BCUT2D eigenvalue weighted by Gasteiger charge is 2.29. The van der Waals surface area contributed by atoms with Crippen LogP contribution in [-0.2, 0) is 24.1 Å². The van der Waals surface area contributed by atoms with Gasteiger partial charge in [-0.05, 0) is 30.7 Å². The highest BCUT2D eigenvalue weighted by atomic mass is 32.1. The predicted molar refractivity (Wildman–Crippen MR) is 92.4 cm³/mol. The van der Waals surface area contributed by atoms with Crippen LogP contribution in [0.5, 0.6) is 0 Å². The minimum atomic E-state index is 0.246. The number of rotatable bonds is 5. The molecule has 2 N–H and O–H groups in total. The number of amides is 1. The molecule has 1 aliphatic rings. The van der Waals surface area contributed by atoms with E-state index in [9.17, 15) is 4.79 Å². The molecule has 0 unspecified atom stereocenters. The lowest BCUT2D eigenvalue weighted by Gasteiger charge is -2.34. The highest BCUT2D eigenvalue weighted by Crippen LogP contribution is 2.30. The monoisotopic (exact) mass is 335 g/mol. The predicted octanol–water partition coefficient (Wildman–Crippen LogP) is 3.13. The molecule has 0 bridgehead atoms. The third-order valence-corrected chi connectivity index (χ3v) is 5.89. The van der Waals surface area contributed by atoms with E-state index in [1.165, 1.54) is 4.88 Å². The van der Waals surface area contributed by atoms with E-state index in [2.05, 4.69) is 16.8 Å². The minimum absolute atomic E-state index is 0.246. The van der Waals surface area contributed by atoms with Gasteiger partial charge in [-0.3, -0.25) is 4.79 Å². The first kappa shape index (κ1) is 15.5. The quantitative estimate of drug-likeness (QED) is 0.913. The zero-order valence-electron chi connectivity index (χ0n) is 12.7. The van der Waals surface area contributed by atoms with Crippen LogP contribution in [0.3, 0.4) is 0 Å². The van der Waals surface area contributed by atoms with Crippen LogP contribution in [0.4, 0.5) is 5.13 Å². The molecular formula is C16H21N3OS2. The molecule has 0 fully saturated rings. The van der Waals surface area contributed by atoms with E-state index < -0.39 is 0 Å². The van der Waals surface area contributed by atoms with Gasteiger partial charge in [0.1, 0.15) is 0 Å². The lowest BCUT2D eigenvalue weighted by molar-refractivity contribution is -0.133. The Kier molecular flexibility index (Phi) is 4.78. The fourth-order valence-corrected chi connectivity index (χ4v) is 4.70. The van der Waals surface area contributed by atoms with Crippen molar-refractivity contribution < 1.29 is 4.79 Å². The molecule has 0 radical (unpaired) electrons. The third-order valence-electron chi connectivity index (χ3n) is 4.06. The molecular weight excluding hydrogens is 314 g/mol. The normalized spacial score (nSPS) is 17.2. The van der Waals surface area contributed by atoms with Crippen molar-refractivity contribution in [2.45, 2.75) is 45.1 Å². The SMILES string of the molecule is CCCN(C(=O)Cc1cccs1)[C@H]1CCc2nc(N)sc2C1. The maximum Gasteiger partial charge on any atom is 0.228 e. The van der Waals surface area contributed by atoms with Crippen molar-refractivity contribution >= 4 is 33.7 Å². The lowest BCUT2D eigenvalue weighted by atomic mass is 9.95. The van der Waals surface area contributed by atoms with Gasteiger partial charge in [-0.15, -0.1) is 22.7 Å². The Hall–Kier alpha value is -1.40. The Morgan fingerprint density at radius 3 is 3.14 bits per heavy atom. The average Bonchev–Trinajstić information content (AvgIpc) is 3.12. The fourth-order valence-electron chi connectivity index (χ4n) is 3.06. The molecule has 2 aromatic heterocycles. The number of anilines is 1. The van der Waals surface area contributed by atoms with Gasteiger partial charge in [0.2, 0.25) is 5.91 Å². The number of fused-ring (bicyclic) bond motifs is 1. The molecule has 22 heavy (non-hydrogen) atoms. The molecule has 1 amide bonds. The second-order valence-electron chi connectivity index (χ2n) is 5.66. The molecule has 1 atom stereocenters. The van der Waals surface area contributed by atoms with Gasteiger partial charge in [0.15, 0.2) is 5.13 Å². The Balaban J connectivity index is 1.72. The van der Waals surface area contributed by atoms with Crippen molar-refractivity contribution in [3.63, 3.8) is 0 Å². The van der Waals surface area contributed by atoms with Crippen molar-refractivity contribution in [3.05, 3.63) is 33.0 Å². The number of aryl methyl sites for hydroxylation is 1. The van der Waals surface area contributed by atoms with E-state index in [0.29, 0.717) is 17.6 Å². The van der Waals surface area contributed by atoms with Crippen molar-refractivity contribution in [2.24, 2.45) is 0 Å². The first-order chi connectivity index (χ1) is 10.7. The van der Waals surface area contributed by atoms with Crippen LogP contribution < -0.4 is 5.73 Å². The average molecular weight is 335 g/mol. The smallest absolute Gasteiger partial charge is 0.228 e. The lowest BCUT2D eigenvalue weighted by Crippen LogP contribution is -2.44. The summed E-state index contributed by atoms with van der Waals surface area (Å²) in [5, 5.41) is 2.68. The number of carbonyl (C=O) groups excluding carboxylic acids is 1. The summed E-state index contributed by atoms with van der Waals surface area (Å²) in [5.41, 5.74) is 6.96. The topological polar surface area (TPSA) is 59.2 Å². The van der Waals surface area contributed by atoms with Gasteiger partial charge in [-0.25, -0.2) is 4.98 Å². The first-order valence-electron chi connectivity index (χ1n) is 7.73. The Labute approximate surface area is 139 Å². The largest absolute Gasteiger partial charge is 0.375 e. The van der Waals surface area contributed by atoms with Gasteiger partial charge in [-0.1, -0.05) is 13.0 Å². The summed E-state index contributed by atoms with van der Waals surface area (Å²) >= 11 is 3.23. The summed E-state index contributed by atoms with van der Waals surface area (Å²) in [6, 6.07) is 4.33. The van der Waals surface area contributed by atoms with Crippen LogP contribution in [0.15, 0.2) is 17.5 Å². The molecule has 4 nitrogen and oxygen atoms in total. The van der Waals surface area contributed by atoms with E-state index in [4.69, 9.17) is 5.73 Å². The highest BCUT2D eigenvalue weighted by molar-refractivity contribution is 7.15. The molecule has 1 aliphatic carbocycles. The zero-order valence-corrected chi connectivity index (χ0v) is 14.4. The summed E-state index contributed by atoms with van der Waals surface area (Å²) in [6.07, 6.45) is 4.34. The second kappa shape index (κ2) is 6.79. The second-order valence-corrected chi connectivity index (χ2v) is 7.81. The molecule has 118 valence electrons. The van der Waals surface area contributed by atoms with Crippen LogP contribution in [0.1, 0.15) is 35.2 Å². The zero-order chi connectivity index (χ0) is 15.5. The number of aromatic nitrogens is 1. The van der Waals surface area contributed by atoms with E-state index in [1.807, 2.05) is 17.5 Å². The number of nitrogen functional groups attached to an aromatic ring is 1. The summed E-state index contributed by atoms with van der Waals surface area (Å²) in [6.45, 7) is 2.96. The Morgan fingerprint density at radius 2 is 2.41 bits per heavy atom. The molecule has 2 aromatic rings. The molecule has 0 saturated carbocycles. The molecule has 3 rings (SSSR count). The van der Waals surface area contributed by atoms with Gasteiger partial charge >= 0.3 is 0 Å². The van der Waals surface area contributed by atoms with Gasteiger partial charge in [0.25, 0.3) is 0 Å². The van der Waals surface area contributed by atoms with Crippen LogP contribution in [0.25, 0.3) is 0 Å². The molecule has 0 spiro atoms. The number of hydrogen-bond donors (Lipinski definition) is 1. The maximum absolute atomic E-state index is 12.7. The molecule has 0 aliphatic heterocycles. The van der Waals surface area contributed by atoms with E-state index in [1.54, 1.807) is 22.7 Å². The summed E-state index contributed by atoms with van der Waals surface area (Å²) < 4.78 is 0. The first-order valence-corrected chi connectivity index (χ1v) is 9.43. The van der Waals surface area contributed by atoms with Crippen molar-refractivity contribution in [3.8, 4) is 0 Å². The summed E-state index contributed by atoms with van der Waals surface area (Å²) in [4.78, 5) is 21.6. The van der Waals surface area contributed by atoms with Crippen molar-refractivity contribution in [2.75, 3.05) is 12.3 Å². The van der Waals surface area contributed by atoms with Gasteiger partial charge in [0.05, 0.1) is 12.1 Å². The number of carbonyl (C=O) groups is 1. The van der Waals surface area contributed by atoms with E-state index >= 15 is 0 Å². The van der Waals surface area contributed by atoms with Gasteiger partial charge in [0, 0.05) is 28.8 Å². The van der Waals surface area contributed by atoms with Crippen LogP contribution in [-0.4, -0.2) is 28.4 Å². The standard InChI is InChI=1S/C16H21N3OS2/c1-2-7-19(15(20)10-12-4-3-8-21-12)11-5-6-13-14(9-11)22-16(17)18-13/h3-4,8,11H,2,5-7,9-10H2,1H3,(H2,17,18)/t11-/m0/s1. The molecule has 2 heterocycles. The fraction of sp³-hybridized carbons (Fsp3) is 0.500. The van der Waals surface area contributed by atoms with Crippen molar-refractivity contribution in [1.29, 1.82) is 0 Å². The van der Waals surface area contributed by atoms with Crippen LogP contribution in [0.2, 0.25) is 0 Å². The Bertz CT molecular complexity index is 636. The van der Waals surface area contributed by atoms with Crippen LogP contribution >= 0.6 is 22.7 Å². The van der Waals surface area contributed by atoms with Gasteiger partial charge < -0.3 is 10.6 Å². The van der Waals surface area contributed by atoms with E-state index in [-0.39, 0.29) is 5.91 Å². The number of hydrogen-bond acceptors (Lipinski definition) is 5. The number of thiazole rings is 1. The van der Waals surface area contributed by atoms with Gasteiger partial charge in [-0.2, -0.15) is 0 Å². The van der Waals surface area contributed by atoms with E-state index in [0.717, 1.165) is 42.8 Å². The van der Waals surface area contributed by atoms with Crippen LogP contribution in [0, 0.1) is 0 Å². The molecule has 6 heteroatoms. The number of nitrogens with zero attached hydrogens (tertiary/aromatic N) is 2. The summed E-state index contributed by atoms with van der Waals surface area (Å²) in [7, 11) is 0. The number of nitrogens with two attached hydrogens (primary N) is 1. The third kappa shape index (κ3) is 3.33. The molecule has 0 saturated heterocycles.